The van der Waals surface area contributed by atoms with Crippen LogP contribution in [-0.4, -0.2) is 30.9 Å². The quantitative estimate of drug-likeness (QED) is 0.365. The van der Waals surface area contributed by atoms with E-state index in [1.165, 1.54) is 25.0 Å². The molecule has 32 heavy (non-hydrogen) atoms. The molecule has 168 valence electrons. The minimum Gasteiger partial charge on any atom is -0.469 e. The van der Waals surface area contributed by atoms with E-state index in [4.69, 9.17) is 9.57 Å². The topological polar surface area (TPSA) is 87.3 Å². The Labute approximate surface area is 182 Å². The van der Waals surface area contributed by atoms with Crippen molar-refractivity contribution in [1.29, 1.82) is 0 Å². The van der Waals surface area contributed by atoms with Crippen LogP contribution in [0.3, 0.4) is 0 Å². The molecular formula is C21H21F3N6O2. The molecule has 0 atom stereocenters. The van der Waals surface area contributed by atoms with Gasteiger partial charge in [-0.25, -0.2) is 9.67 Å². The summed E-state index contributed by atoms with van der Waals surface area (Å²) in [6.07, 6.45) is -0.346. The molecule has 1 saturated carbocycles. The zero-order valence-electron chi connectivity index (χ0n) is 17.3. The first-order chi connectivity index (χ1) is 15.4. The Morgan fingerprint density at radius 2 is 1.91 bits per heavy atom. The molecule has 2 heterocycles. The lowest BCUT2D eigenvalue weighted by Crippen LogP contribution is -2.10. The fourth-order valence-corrected chi connectivity index (χ4v) is 2.88. The molecule has 0 saturated heterocycles. The number of benzene rings is 1. The molecule has 0 amide bonds. The lowest BCUT2D eigenvalue weighted by Gasteiger charge is -2.08. The second-order valence-electron chi connectivity index (χ2n) is 7.54. The number of rotatable bonds is 9. The molecule has 0 unspecified atom stereocenters. The Bertz CT molecular complexity index is 1060. The Kier molecular flexibility index (Phi) is 6.33. The van der Waals surface area contributed by atoms with Crippen LogP contribution in [-0.2, 0) is 30.8 Å². The molecule has 1 aromatic carbocycles. The Hall–Kier alpha value is -3.50. The second-order valence-corrected chi connectivity index (χ2v) is 7.54. The summed E-state index contributed by atoms with van der Waals surface area (Å²) in [5.74, 6) is 1.73. The highest BCUT2D eigenvalue weighted by atomic mass is 19.4. The SMILES string of the molecule is CC(=NOCc1ccc(C(F)(F)F)cc1)c1ccc(OCc2nnnn2CC2CC2)nc1. The van der Waals surface area contributed by atoms with Gasteiger partial charge in [-0.1, -0.05) is 17.3 Å². The molecule has 8 nitrogen and oxygen atoms in total. The maximum atomic E-state index is 12.6. The van der Waals surface area contributed by atoms with E-state index in [2.05, 4.69) is 25.7 Å². The number of halogens is 3. The first-order valence-corrected chi connectivity index (χ1v) is 10.1. The van der Waals surface area contributed by atoms with Crippen molar-refractivity contribution < 1.29 is 22.7 Å². The van der Waals surface area contributed by atoms with Gasteiger partial charge in [-0.15, -0.1) is 5.10 Å². The fourth-order valence-electron chi connectivity index (χ4n) is 2.88. The highest BCUT2D eigenvalue weighted by molar-refractivity contribution is 5.98. The van der Waals surface area contributed by atoms with E-state index in [9.17, 15) is 13.2 Å². The predicted octanol–water partition coefficient (Wildman–Crippen LogP) is 4.02. The van der Waals surface area contributed by atoms with E-state index in [0.717, 1.165) is 24.2 Å². The van der Waals surface area contributed by atoms with Crippen molar-refractivity contribution in [2.75, 3.05) is 0 Å². The third-order valence-corrected chi connectivity index (χ3v) is 4.95. The average Bonchev–Trinajstić information content (AvgIpc) is 3.49. The van der Waals surface area contributed by atoms with Gasteiger partial charge in [-0.05, 0) is 59.9 Å². The third kappa shape index (κ3) is 5.80. The van der Waals surface area contributed by atoms with Gasteiger partial charge < -0.3 is 9.57 Å². The van der Waals surface area contributed by atoms with E-state index in [0.29, 0.717) is 28.9 Å². The predicted molar refractivity (Wildman–Crippen MR) is 108 cm³/mol. The molecule has 1 fully saturated rings. The van der Waals surface area contributed by atoms with Crippen molar-refractivity contribution in [3.05, 3.63) is 65.1 Å². The molecule has 0 aliphatic heterocycles. The number of tetrazole rings is 1. The van der Waals surface area contributed by atoms with Crippen LogP contribution in [0.1, 0.15) is 42.3 Å². The molecule has 4 rings (SSSR count). The van der Waals surface area contributed by atoms with Crippen LogP contribution in [0.5, 0.6) is 5.88 Å². The zero-order chi connectivity index (χ0) is 22.6. The van der Waals surface area contributed by atoms with Crippen molar-refractivity contribution in [2.24, 2.45) is 11.1 Å². The van der Waals surface area contributed by atoms with Crippen LogP contribution < -0.4 is 4.74 Å². The zero-order valence-corrected chi connectivity index (χ0v) is 17.3. The average molecular weight is 446 g/mol. The monoisotopic (exact) mass is 446 g/mol. The highest BCUT2D eigenvalue weighted by Gasteiger charge is 2.29. The van der Waals surface area contributed by atoms with Gasteiger partial charge in [-0.3, -0.25) is 0 Å². The van der Waals surface area contributed by atoms with Crippen molar-refractivity contribution in [3.63, 3.8) is 0 Å². The Balaban J connectivity index is 1.27. The largest absolute Gasteiger partial charge is 0.469 e. The normalized spacial score (nSPS) is 14.4. The van der Waals surface area contributed by atoms with E-state index < -0.39 is 11.7 Å². The van der Waals surface area contributed by atoms with Crippen LogP contribution in [0, 0.1) is 5.92 Å². The van der Waals surface area contributed by atoms with E-state index in [1.807, 2.05) is 0 Å². The fraction of sp³-hybridized carbons (Fsp3) is 0.381. The number of alkyl halides is 3. The minimum atomic E-state index is -4.36. The number of oxime groups is 1. The standard InChI is InChI=1S/C21H21F3N6O2/c1-14(27-32-12-16-4-7-18(8-5-16)21(22,23)24)17-6-9-20(25-10-17)31-13-19-26-28-29-30(19)11-15-2-3-15/h4-10,15H,2-3,11-13H2,1H3. The van der Waals surface area contributed by atoms with Gasteiger partial charge in [0.15, 0.2) is 12.4 Å². The smallest absolute Gasteiger partial charge is 0.416 e. The van der Waals surface area contributed by atoms with Gasteiger partial charge in [0.2, 0.25) is 5.88 Å². The maximum Gasteiger partial charge on any atom is 0.416 e. The number of hydrogen-bond acceptors (Lipinski definition) is 7. The second kappa shape index (κ2) is 9.33. The first-order valence-electron chi connectivity index (χ1n) is 10.1. The number of aromatic nitrogens is 5. The number of pyridine rings is 1. The van der Waals surface area contributed by atoms with Crippen LogP contribution >= 0.6 is 0 Å². The summed E-state index contributed by atoms with van der Waals surface area (Å²) in [6.45, 7) is 2.82. The van der Waals surface area contributed by atoms with Crippen molar-refractivity contribution >= 4 is 5.71 Å². The van der Waals surface area contributed by atoms with Gasteiger partial charge >= 0.3 is 6.18 Å². The molecule has 0 radical (unpaired) electrons. The number of nitrogens with zero attached hydrogens (tertiary/aromatic N) is 6. The maximum absolute atomic E-state index is 12.6. The minimum absolute atomic E-state index is 0.0552. The summed E-state index contributed by atoms with van der Waals surface area (Å²) in [5, 5.41) is 15.7. The van der Waals surface area contributed by atoms with Gasteiger partial charge in [-0.2, -0.15) is 13.2 Å². The van der Waals surface area contributed by atoms with Crippen LogP contribution in [0.15, 0.2) is 47.8 Å². The number of hydrogen-bond donors (Lipinski definition) is 0. The van der Waals surface area contributed by atoms with Crippen LogP contribution in [0.2, 0.25) is 0 Å². The summed E-state index contributed by atoms with van der Waals surface area (Å²) in [4.78, 5) is 9.52. The summed E-state index contributed by atoms with van der Waals surface area (Å²) in [5.41, 5.74) is 1.18. The third-order valence-electron chi connectivity index (χ3n) is 4.95. The van der Waals surface area contributed by atoms with Gasteiger partial charge in [0.05, 0.1) is 11.3 Å². The van der Waals surface area contributed by atoms with Crippen molar-refractivity contribution in [1.82, 2.24) is 25.2 Å². The van der Waals surface area contributed by atoms with E-state index in [-0.39, 0.29) is 13.2 Å². The first kappa shape index (κ1) is 21.7. The highest BCUT2D eigenvalue weighted by Crippen LogP contribution is 2.30. The lowest BCUT2D eigenvalue weighted by atomic mass is 10.1. The van der Waals surface area contributed by atoms with E-state index >= 15 is 0 Å². The molecule has 1 aliphatic carbocycles. The number of ether oxygens (including phenoxy) is 1. The van der Waals surface area contributed by atoms with Gasteiger partial charge in [0.1, 0.15) is 6.61 Å². The molecule has 11 heteroatoms. The van der Waals surface area contributed by atoms with Gasteiger partial charge in [0, 0.05) is 24.4 Å². The molecule has 0 bridgehead atoms. The van der Waals surface area contributed by atoms with Crippen molar-refractivity contribution in [3.8, 4) is 5.88 Å². The lowest BCUT2D eigenvalue weighted by molar-refractivity contribution is -0.137. The van der Waals surface area contributed by atoms with Gasteiger partial charge in [0.25, 0.3) is 0 Å². The molecule has 1 aliphatic rings. The van der Waals surface area contributed by atoms with Crippen LogP contribution in [0.4, 0.5) is 13.2 Å². The summed E-state index contributed by atoms with van der Waals surface area (Å²) in [7, 11) is 0. The summed E-state index contributed by atoms with van der Waals surface area (Å²) < 4.78 is 45.2. The molecule has 0 N–H and O–H groups in total. The molecule has 0 spiro atoms. The molecule has 3 aromatic rings. The van der Waals surface area contributed by atoms with Crippen molar-refractivity contribution in [2.45, 2.75) is 45.7 Å². The Morgan fingerprint density at radius 1 is 1.12 bits per heavy atom. The summed E-state index contributed by atoms with van der Waals surface area (Å²) in [6, 6.07) is 8.25. The Morgan fingerprint density at radius 3 is 2.56 bits per heavy atom. The summed E-state index contributed by atoms with van der Waals surface area (Å²) >= 11 is 0. The molecule has 2 aromatic heterocycles. The van der Waals surface area contributed by atoms with E-state index in [1.54, 1.807) is 29.9 Å². The molecular weight excluding hydrogens is 425 g/mol. The van der Waals surface area contributed by atoms with Crippen LogP contribution in [0.25, 0.3) is 0 Å².